The lowest BCUT2D eigenvalue weighted by atomic mass is 9.82. The number of nitrogens with zero attached hydrogens (tertiary/aromatic N) is 3. The van der Waals surface area contributed by atoms with E-state index in [1.54, 1.807) is 11.3 Å². The van der Waals surface area contributed by atoms with Gasteiger partial charge in [-0.1, -0.05) is 56.3 Å². The number of piperidine rings is 1. The Morgan fingerprint density at radius 2 is 1.60 bits per heavy atom. The van der Waals surface area contributed by atoms with E-state index in [1.807, 2.05) is 51.1 Å². The number of aryl methyl sites for hydroxylation is 3. The molecule has 6 nitrogen and oxygen atoms in total. The molecule has 5 rings (SSSR count). The van der Waals surface area contributed by atoms with Gasteiger partial charge in [0, 0.05) is 41.2 Å². The number of hydrogen-bond acceptors (Lipinski definition) is 6. The van der Waals surface area contributed by atoms with Crippen molar-refractivity contribution >= 4 is 23.0 Å². The first-order valence-electron chi connectivity index (χ1n) is 13.8. The quantitative estimate of drug-likeness (QED) is 0.241. The standard InChI is InChI=1S/C33H37N3O3S/c1-21-27(19-29(37)38)31(36-17-15-33(4,5)16-18-36)30(23(3)34-21)24-11-13-26(14-12-24)39-20-28-22(2)35-32(40-28)25-9-7-6-8-10-25/h6-14H,15-20H2,1-5H3,(H,37,38). The summed E-state index contributed by atoms with van der Waals surface area (Å²) in [4.78, 5) is 24.9. The molecule has 0 radical (unpaired) electrons. The van der Waals surface area contributed by atoms with Crippen molar-refractivity contribution in [3.63, 3.8) is 0 Å². The summed E-state index contributed by atoms with van der Waals surface area (Å²) in [6.45, 7) is 12.8. The number of carbonyl (C=O) groups is 1. The van der Waals surface area contributed by atoms with Crippen LogP contribution in [-0.2, 0) is 17.8 Å². The molecule has 0 aliphatic carbocycles. The van der Waals surface area contributed by atoms with Crippen LogP contribution in [0.4, 0.5) is 5.69 Å². The minimum absolute atomic E-state index is 0.0400. The molecule has 3 heterocycles. The summed E-state index contributed by atoms with van der Waals surface area (Å²) in [6.07, 6.45) is 2.09. The van der Waals surface area contributed by atoms with Crippen LogP contribution >= 0.6 is 11.3 Å². The zero-order valence-electron chi connectivity index (χ0n) is 24.0. The van der Waals surface area contributed by atoms with Crippen molar-refractivity contribution in [3.05, 3.63) is 82.1 Å². The van der Waals surface area contributed by atoms with Crippen LogP contribution in [0.3, 0.4) is 0 Å². The Balaban J connectivity index is 1.41. The molecule has 2 aromatic heterocycles. The number of thiazole rings is 1. The molecule has 0 unspecified atom stereocenters. The molecule has 1 aliphatic heterocycles. The van der Waals surface area contributed by atoms with Crippen molar-refractivity contribution in [3.8, 4) is 27.4 Å². The van der Waals surface area contributed by atoms with E-state index in [2.05, 4.69) is 43.0 Å². The fourth-order valence-electron chi connectivity index (χ4n) is 5.39. The lowest BCUT2D eigenvalue weighted by Crippen LogP contribution is -2.38. The van der Waals surface area contributed by atoms with Gasteiger partial charge in [0.15, 0.2) is 0 Å². The Morgan fingerprint density at radius 1 is 0.925 bits per heavy atom. The average Bonchev–Trinajstić information content (AvgIpc) is 3.30. The van der Waals surface area contributed by atoms with E-state index in [9.17, 15) is 9.90 Å². The van der Waals surface area contributed by atoms with Crippen molar-refractivity contribution < 1.29 is 14.6 Å². The van der Waals surface area contributed by atoms with Gasteiger partial charge in [-0.25, -0.2) is 4.98 Å². The van der Waals surface area contributed by atoms with Gasteiger partial charge in [0.05, 0.1) is 22.7 Å². The number of anilines is 1. The van der Waals surface area contributed by atoms with Crippen LogP contribution in [0.25, 0.3) is 21.7 Å². The maximum Gasteiger partial charge on any atom is 0.307 e. The van der Waals surface area contributed by atoms with Crippen LogP contribution in [-0.4, -0.2) is 34.1 Å². The van der Waals surface area contributed by atoms with Gasteiger partial charge in [0.25, 0.3) is 0 Å². The van der Waals surface area contributed by atoms with Gasteiger partial charge in [-0.15, -0.1) is 11.3 Å². The van der Waals surface area contributed by atoms with E-state index in [4.69, 9.17) is 14.7 Å². The van der Waals surface area contributed by atoms with Crippen molar-refractivity contribution in [1.82, 2.24) is 9.97 Å². The largest absolute Gasteiger partial charge is 0.488 e. The number of carboxylic acids is 1. The molecule has 0 atom stereocenters. The molecule has 208 valence electrons. The second-order valence-electron chi connectivity index (χ2n) is 11.4. The second kappa shape index (κ2) is 11.4. The smallest absolute Gasteiger partial charge is 0.307 e. The number of aliphatic carboxylic acids is 1. The molecule has 0 spiro atoms. The summed E-state index contributed by atoms with van der Waals surface area (Å²) in [5.41, 5.74) is 7.95. The number of pyridine rings is 1. The van der Waals surface area contributed by atoms with E-state index in [0.717, 1.165) is 86.6 Å². The van der Waals surface area contributed by atoms with Crippen LogP contribution in [0.2, 0.25) is 0 Å². The summed E-state index contributed by atoms with van der Waals surface area (Å²) < 4.78 is 6.17. The Hall–Kier alpha value is -3.71. The zero-order chi connectivity index (χ0) is 28.4. The molecule has 0 bridgehead atoms. The summed E-state index contributed by atoms with van der Waals surface area (Å²) in [6, 6.07) is 18.3. The maximum absolute atomic E-state index is 11.9. The number of carboxylic acid groups (broad SMARTS) is 1. The molecule has 1 aliphatic rings. The highest BCUT2D eigenvalue weighted by Gasteiger charge is 2.30. The van der Waals surface area contributed by atoms with E-state index < -0.39 is 5.97 Å². The fourth-order valence-corrected chi connectivity index (χ4v) is 6.38. The first-order chi connectivity index (χ1) is 19.1. The van der Waals surface area contributed by atoms with Crippen molar-refractivity contribution in [2.45, 2.75) is 60.5 Å². The van der Waals surface area contributed by atoms with E-state index >= 15 is 0 Å². The Labute approximate surface area is 240 Å². The molecule has 1 fully saturated rings. The molecular formula is C33H37N3O3S. The number of aromatic nitrogens is 2. The summed E-state index contributed by atoms with van der Waals surface area (Å²) in [5, 5.41) is 10.7. The Morgan fingerprint density at radius 3 is 2.25 bits per heavy atom. The minimum atomic E-state index is -0.837. The van der Waals surface area contributed by atoms with Gasteiger partial charge in [-0.2, -0.15) is 0 Å². The van der Waals surface area contributed by atoms with Gasteiger partial charge in [0.1, 0.15) is 17.4 Å². The third kappa shape index (κ3) is 6.04. The number of ether oxygens (including phenoxy) is 1. The van der Waals surface area contributed by atoms with Gasteiger partial charge < -0.3 is 14.7 Å². The highest BCUT2D eigenvalue weighted by Crippen LogP contribution is 2.42. The third-order valence-electron chi connectivity index (χ3n) is 7.84. The molecule has 4 aromatic rings. The topological polar surface area (TPSA) is 75.5 Å². The fraction of sp³-hybridized carbons (Fsp3) is 0.364. The summed E-state index contributed by atoms with van der Waals surface area (Å²) >= 11 is 1.66. The monoisotopic (exact) mass is 555 g/mol. The second-order valence-corrected chi connectivity index (χ2v) is 12.5. The molecular weight excluding hydrogens is 518 g/mol. The van der Waals surface area contributed by atoms with Crippen LogP contribution in [0.15, 0.2) is 54.6 Å². The van der Waals surface area contributed by atoms with Crippen molar-refractivity contribution in [2.24, 2.45) is 5.41 Å². The number of benzene rings is 2. The minimum Gasteiger partial charge on any atom is -0.488 e. The predicted octanol–water partition coefficient (Wildman–Crippen LogP) is 7.63. The van der Waals surface area contributed by atoms with Crippen LogP contribution < -0.4 is 9.64 Å². The highest BCUT2D eigenvalue weighted by molar-refractivity contribution is 7.15. The van der Waals surface area contributed by atoms with Crippen LogP contribution in [0.1, 0.15) is 54.2 Å². The molecule has 1 saturated heterocycles. The molecule has 2 aromatic carbocycles. The van der Waals surface area contributed by atoms with Crippen LogP contribution in [0.5, 0.6) is 5.75 Å². The van der Waals surface area contributed by atoms with E-state index in [0.29, 0.717) is 6.61 Å². The molecule has 1 N–H and O–H groups in total. The van der Waals surface area contributed by atoms with Gasteiger partial charge >= 0.3 is 5.97 Å². The molecule has 7 heteroatoms. The van der Waals surface area contributed by atoms with E-state index in [-0.39, 0.29) is 11.8 Å². The third-order valence-corrected chi connectivity index (χ3v) is 9.02. The maximum atomic E-state index is 11.9. The average molecular weight is 556 g/mol. The molecule has 40 heavy (non-hydrogen) atoms. The van der Waals surface area contributed by atoms with Gasteiger partial charge in [-0.3, -0.25) is 9.78 Å². The molecule has 0 amide bonds. The predicted molar refractivity (Wildman–Crippen MR) is 162 cm³/mol. The van der Waals surface area contributed by atoms with Crippen molar-refractivity contribution in [2.75, 3.05) is 18.0 Å². The Kier molecular flexibility index (Phi) is 7.95. The normalized spacial score (nSPS) is 14.8. The number of hydrogen-bond donors (Lipinski definition) is 1. The first-order valence-corrected chi connectivity index (χ1v) is 14.6. The first kappa shape index (κ1) is 27.8. The number of rotatable bonds is 8. The van der Waals surface area contributed by atoms with Gasteiger partial charge in [0.2, 0.25) is 0 Å². The van der Waals surface area contributed by atoms with Crippen molar-refractivity contribution in [1.29, 1.82) is 0 Å². The highest BCUT2D eigenvalue weighted by atomic mass is 32.1. The lowest BCUT2D eigenvalue weighted by molar-refractivity contribution is -0.136. The van der Waals surface area contributed by atoms with Gasteiger partial charge in [-0.05, 0) is 56.7 Å². The SMILES string of the molecule is Cc1nc(-c2ccccc2)sc1COc1ccc(-c2c(C)nc(C)c(CC(=O)O)c2N2CCC(C)(C)CC2)cc1. The van der Waals surface area contributed by atoms with E-state index in [1.165, 1.54) is 0 Å². The van der Waals surface area contributed by atoms with Crippen LogP contribution in [0, 0.1) is 26.2 Å². The molecule has 0 saturated carbocycles. The zero-order valence-corrected chi connectivity index (χ0v) is 24.8. The lowest BCUT2D eigenvalue weighted by Gasteiger charge is -2.40. The summed E-state index contributed by atoms with van der Waals surface area (Å²) in [5.74, 6) is -0.0570. The summed E-state index contributed by atoms with van der Waals surface area (Å²) in [7, 11) is 0. The Bertz CT molecular complexity index is 1500.